The summed E-state index contributed by atoms with van der Waals surface area (Å²) in [5, 5.41) is 5.86. The number of hydrogen-bond donors (Lipinski definition) is 1. The SMILES string of the molecule is Cc1nc(CC(=O)NC[C@H]2COC3(CCC(C)CC3)O2)cs1. The number of thiazole rings is 1. The minimum atomic E-state index is -0.381. The third-order valence-electron chi connectivity index (χ3n) is 4.48. The van der Waals surface area contributed by atoms with Crippen molar-refractivity contribution >= 4 is 17.2 Å². The van der Waals surface area contributed by atoms with Crippen LogP contribution in [0, 0.1) is 12.8 Å². The van der Waals surface area contributed by atoms with Crippen LogP contribution in [-0.2, 0) is 20.7 Å². The Morgan fingerprint density at radius 1 is 1.50 bits per heavy atom. The first-order valence-electron chi connectivity index (χ1n) is 8.04. The zero-order valence-corrected chi connectivity index (χ0v) is 14.1. The Hall–Kier alpha value is -0.980. The van der Waals surface area contributed by atoms with E-state index in [4.69, 9.17) is 9.47 Å². The molecule has 122 valence electrons. The van der Waals surface area contributed by atoms with E-state index in [9.17, 15) is 4.79 Å². The number of aromatic nitrogens is 1. The van der Waals surface area contributed by atoms with Crippen molar-refractivity contribution in [3.63, 3.8) is 0 Å². The molecule has 1 atom stereocenters. The summed E-state index contributed by atoms with van der Waals surface area (Å²) in [6, 6.07) is 0. The predicted molar refractivity (Wildman–Crippen MR) is 84.8 cm³/mol. The van der Waals surface area contributed by atoms with Crippen LogP contribution in [0.25, 0.3) is 0 Å². The first-order valence-corrected chi connectivity index (χ1v) is 8.92. The van der Waals surface area contributed by atoms with Crippen molar-refractivity contribution in [2.24, 2.45) is 5.92 Å². The lowest BCUT2D eigenvalue weighted by Crippen LogP contribution is -2.38. The van der Waals surface area contributed by atoms with Crippen molar-refractivity contribution in [3.05, 3.63) is 16.1 Å². The van der Waals surface area contributed by atoms with Gasteiger partial charge >= 0.3 is 0 Å². The summed E-state index contributed by atoms with van der Waals surface area (Å²) in [6.45, 7) is 5.31. The van der Waals surface area contributed by atoms with Crippen LogP contribution in [0.4, 0.5) is 0 Å². The molecule has 1 spiro atoms. The molecule has 1 N–H and O–H groups in total. The lowest BCUT2D eigenvalue weighted by Gasteiger charge is -2.34. The maximum atomic E-state index is 11.9. The molecule has 1 amide bonds. The fourth-order valence-electron chi connectivity index (χ4n) is 3.13. The molecule has 1 saturated carbocycles. The number of carbonyl (C=O) groups is 1. The molecule has 2 fully saturated rings. The topological polar surface area (TPSA) is 60.5 Å². The van der Waals surface area contributed by atoms with Gasteiger partial charge in [-0.25, -0.2) is 4.98 Å². The van der Waals surface area contributed by atoms with Crippen LogP contribution in [0.15, 0.2) is 5.38 Å². The Kier molecular flexibility index (Phi) is 4.80. The van der Waals surface area contributed by atoms with Gasteiger partial charge in [-0.05, 0) is 25.7 Å². The van der Waals surface area contributed by atoms with Crippen LogP contribution >= 0.6 is 11.3 Å². The lowest BCUT2D eigenvalue weighted by molar-refractivity contribution is -0.191. The third kappa shape index (κ3) is 3.86. The van der Waals surface area contributed by atoms with E-state index in [1.165, 1.54) is 0 Å². The summed E-state index contributed by atoms with van der Waals surface area (Å²) in [7, 11) is 0. The molecule has 1 aliphatic heterocycles. The minimum Gasteiger partial charge on any atom is -0.353 e. The van der Waals surface area contributed by atoms with Gasteiger partial charge in [-0.3, -0.25) is 4.79 Å². The predicted octanol–water partition coefficient (Wildman–Crippen LogP) is 2.43. The first-order chi connectivity index (χ1) is 10.5. The summed E-state index contributed by atoms with van der Waals surface area (Å²) < 4.78 is 12.0. The molecule has 2 aliphatic rings. The molecule has 6 heteroatoms. The molecule has 0 bridgehead atoms. The molecule has 5 nitrogen and oxygen atoms in total. The van der Waals surface area contributed by atoms with Gasteiger partial charge in [0.2, 0.25) is 5.91 Å². The average molecular weight is 324 g/mol. The monoisotopic (exact) mass is 324 g/mol. The fraction of sp³-hybridized carbons (Fsp3) is 0.750. The van der Waals surface area contributed by atoms with Crippen molar-refractivity contribution in [1.82, 2.24) is 10.3 Å². The molecular formula is C16H24N2O3S. The molecular weight excluding hydrogens is 300 g/mol. The van der Waals surface area contributed by atoms with Crippen molar-refractivity contribution in [2.75, 3.05) is 13.2 Å². The van der Waals surface area contributed by atoms with E-state index >= 15 is 0 Å². The van der Waals surface area contributed by atoms with Gasteiger partial charge in [-0.15, -0.1) is 11.3 Å². The normalized spacial score (nSPS) is 31.5. The van der Waals surface area contributed by atoms with Crippen LogP contribution in [0.2, 0.25) is 0 Å². The van der Waals surface area contributed by atoms with Crippen LogP contribution in [-0.4, -0.2) is 35.9 Å². The molecule has 1 aromatic heterocycles. The second-order valence-corrected chi connectivity index (χ2v) is 7.55. The Bertz CT molecular complexity index is 523. The zero-order chi connectivity index (χ0) is 15.6. The van der Waals surface area contributed by atoms with E-state index in [-0.39, 0.29) is 17.8 Å². The van der Waals surface area contributed by atoms with Gasteiger partial charge in [0.25, 0.3) is 0 Å². The molecule has 1 aliphatic carbocycles. The Morgan fingerprint density at radius 3 is 2.95 bits per heavy atom. The standard InChI is InChI=1S/C16H24N2O3S/c1-11-3-5-16(6-4-11)20-9-14(21-16)8-17-15(19)7-13-10-22-12(2)18-13/h10-11,14H,3-9H2,1-2H3,(H,17,19)/t11?,14-,16?/m0/s1. The van der Waals surface area contributed by atoms with E-state index in [0.717, 1.165) is 42.3 Å². The fourth-order valence-corrected chi connectivity index (χ4v) is 3.74. The van der Waals surface area contributed by atoms with Gasteiger partial charge in [0.05, 0.1) is 23.7 Å². The number of rotatable bonds is 4. The van der Waals surface area contributed by atoms with Crippen molar-refractivity contribution < 1.29 is 14.3 Å². The van der Waals surface area contributed by atoms with E-state index in [2.05, 4.69) is 17.2 Å². The highest BCUT2D eigenvalue weighted by molar-refractivity contribution is 7.09. The van der Waals surface area contributed by atoms with Gasteiger partial charge in [-0.1, -0.05) is 6.92 Å². The maximum Gasteiger partial charge on any atom is 0.226 e. The van der Waals surface area contributed by atoms with Crippen LogP contribution in [0.3, 0.4) is 0 Å². The first kappa shape index (κ1) is 15.9. The van der Waals surface area contributed by atoms with E-state index in [1.807, 2.05) is 12.3 Å². The molecule has 2 heterocycles. The van der Waals surface area contributed by atoms with Gasteiger partial charge in [0.1, 0.15) is 6.10 Å². The van der Waals surface area contributed by atoms with Crippen molar-refractivity contribution in [3.8, 4) is 0 Å². The summed E-state index contributed by atoms with van der Waals surface area (Å²) in [4.78, 5) is 16.3. The van der Waals surface area contributed by atoms with Gasteiger partial charge in [0, 0.05) is 24.8 Å². The molecule has 3 rings (SSSR count). The molecule has 22 heavy (non-hydrogen) atoms. The number of nitrogens with one attached hydrogen (secondary N) is 1. The second-order valence-electron chi connectivity index (χ2n) is 6.48. The molecule has 1 aromatic rings. The highest BCUT2D eigenvalue weighted by Gasteiger charge is 2.43. The number of aryl methyl sites for hydroxylation is 1. The van der Waals surface area contributed by atoms with Gasteiger partial charge < -0.3 is 14.8 Å². The van der Waals surface area contributed by atoms with Crippen molar-refractivity contribution in [1.29, 1.82) is 0 Å². The summed E-state index contributed by atoms with van der Waals surface area (Å²) in [6.07, 6.45) is 4.55. The van der Waals surface area contributed by atoms with E-state index in [0.29, 0.717) is 19.6 Å². The number of amides is 1. The molecule has 0 radical (unpaired) electrons. The van der Waals surface area contributed by atoms with Gasteiger partial charge in [-0.2, -0.15) is 0 Å². The number of carbonyl (C=O) groups excluding carboxylic acids is 1. The molecule has 0 unspecified atom stereocenters. The smallest absolute Gasteiger partial charge is 0.226 e. The summed E-state index contributed by atoms with van der Waals surface area (Å²) in [5.74, 6) is 0.374. The zero-order valence-electron chi connectivity index (χ0n) is 13.3. The highest BCUT2D eigenvalue weighted by Crippen LogP contribution is 2.39. The quantitative estimate of drug-likeness (QED) is 0.924. The Labute approximate surface area is 135 Å². The van der Waals surface area contributed by atoms with Crippen molar-refractivity contribution in [2.45, 2.75) is 57.8 Å². The van der Waals surface area contributed by atoms with E-state index in [1.54, 1.807) is 11.3 Å². The molecule has 0 aromatic carbocycles. The van der Waals surface area contributed by atoms with E-state index < -0.39 is 0 Å². The molecule has 1 saturated heterocycles. The minimum absolute atomic E-state index is 0.00730. The van der Waals surface area contributed by atoms with Crippen LogP contribution < -0.4 is 5.32 Å². The second kappa shape index (κ2) is 6.64. The third-order valence-corrected chi connectivity index (χ3v) is 5.31. The highest BCUT2D eigenvalue weighted by atomic mass is 32.1. The van der Waals surface area contributed by atoms with Gasteiger partial charge in [0.15, 0.2) is 5.79 Å². The average Bonchev–Trinajstić information content (AvgIpc) is 3.08. The van der Waals surface area contributed by atoms with Crippen LogP contribution in [0.5, 0.6) is 0 Å². The number of ether oxygens (including phenoxy) is 2. The Balaban J connectivity index is 1.42. The number of nitrogens with zero attached hydrogens (tertiary/aromatic N) is 1. The summed E-state index contributed by atoms with van der Waals surface area (Å²) in [5.41, 5.74) is 0.835. The largest absolute Gasteiger partial charge is 0.353 e. The summed E-state index contributed by atoms with van der Waals surface area (Å²) >= 11 is 1.57. The number of hydrogen-bond acceptors (Lipinski definition) is 5. The van der Waals surface area contributed by atoms with Crippen LogP contribution in [0.1, 0.15) is 43.3 Å². The lowest BCUT2D eigenvalue weighted by atomic mass is 9.86. The Morgan fingerprint density at radius 2 is 2.27 bits per heavy atom. The maximum absolute atomic E-state index is 11.9.